The van der Waals surface area contributed by atoms with Gasteiger partial charge in [0.1, 0.15) is 0 Å². The van der Waals surface area contributed by atoms with Crippen LogP contribution in [0.1, 0.15) is 38.5 Å². The van der Waals surface area contributed by atoms with Crippen LogP contribution in [0.3, 0.4) is 0 Å². The van der Waals surface area contributed by atoms with Crippen LogP contribution in [0.15, 0.2) is 16.3 Å². The minimum absolute atomic E-state index is 0.251. The number of sulfonamides is 1. The molecule has 0 spiro atoms. The number of rotatable bonds is 3. The van der Waals surface area contributed by atoms with Crippen molar-refractivity contribution in [2.45, 2.75) is 45.1 Å². The number of thiophene rings is 1. The molecule has 20 heavy (non-hydrogen) atoms. The summed E-state index contributed by atoms with van der Waals surface area (Å²) in [5.41, 5.74) is 5.88. The summed E-state index contributed by atoms with van der Waals surface area (Å²) in [7, 11) is -3.37. The Morgan fingerprint density at radius 3 is 2.45 bits per heavy atom. The van der Waals surface area contributed by atoms with E-state index in [4.69, 9.17) is 5.73 Å². The molecule has 0 amide bonds. The minimum Gasteiger partial charge on any atom is -0.326 e. The fourth-order valence-electron chi connectivity index (χ4n) is 2.81. The number of nitrogens with two attached hydrogens (primary N) is 1. The van der Waals surface area contributed by atoms with Crippen molar-refractivity contribution in [3.05, 3.63) is 16.3 Å². The average Bonchev–Trinajstić information content (AvgIpc) is 2.87. The highest BCUT2D eigenvalue weighted by molar-refractivity contribution is 7.89. The molecule has 0 saturated carbocycles. The van der Waals surface area contributed by atoms with Crippen LogP contribution in [0.2, 0.25) is 0 Å². The molecular formula is C14H24N2O2S2. The summed E-state index contributed by atoms with van der Waals surface area (Å²) < 4.78 is 26.9. The van der Waals surface area contributed by atoms with E-state index in [-0.39, 0.29) is 12.0 Å². The van der Waals surface area contributed by atoms with Crippen molar-refractivity contribution in [3.8, 4) is 0 Å². The molecule has 2 N–H and O–H groups in total. The second-order valence-electron chi connectivity index (χ2n) is 6.46. The molecule has 0 radical (unpaired) electrons. The van der Waals surface area contributed by atoms with E-state index in [1.54, 1.807) is 15.8 Å². The first-order valence-electron chi connectivity index (χ1n) is 7.03. The zero-order valence-electron chi connectivity index (χ0n) is 12.4. The van der Waals surface area contributed by atoms with Gasteiger partial charge in [-0.05, 0) is 35.6 Å². The SMILES string of the molecule is CC(C)(C)C1CCN(S(=O)(=O)c2ccsc2CN)CC1. The molecule has 6 heteroatoms. The molecule has 0 atom stereocenters. The Balaban J connectivity index is 2.14. The zero-order valence-corrected chi connectivity index (χ0v) is 14.1. The maximum absolute atomic E-state index is 12.7. The van der Waals surface area contributed by atoms with E-state index in [1.807, 2.05) is 0 Å². The topological polar surface area (TPSA) is 63.4 Å². The molecule has 1 aliphatic heterocycles. The van der Waals surface area contributed by atoms with Gasteiger partial charge in [0, 0.05) is 24.5 Å². The normalized spacial score (nSPS) is 19.4. The third-order valence-corrected chi connectivity index (χ3v) is 7.24. The maximum atomic E-state index is 12.7. The minimum atomic E-state index is -3.37. The summed E-state index contributed by atoms with van der Waals surface area (Å²) in [6, 6.07) is 1.68. The smallest absolute Gasteiger partial charge is 0.244 e. The van der Waals surface area contributed by atoms with Gasteiger partial charge >= 0.3 is 0 Å². The summed E-state index contributed by atoms with van der Waals surface area (Å²) >= 11 is 1.41. The average molecular weight is 316 g/mol. The quantitative estimate of drug-likeness (QED) is 0.932. The van der Waals surface area contributed by atoms with E-state index in [0.29, 0.717) is 23.9 Å². The third kappa shape index (κ3) is 3.08. The first-order valence-corrected chi connectivity index (χ1v) is 9.35. The van der Waals surface area contributed by atoms with Gasteiger partial charge in [-0.15, -0.1) is 11.3 Å². The van der Waals surface area contributed by atoms with Gasteiger partial charge in [-0.25, -0.2) is 8.42 Å². The van der Waals surface area contributed by atoms with Crippen LogP contribution in [0, 0.1) is 11.3 Å². The van der Waals surface area contributed by atoms with Crippen molar-refractivity contribution >= 4 is 21.4 Å². The molecule has 4 nitrogen and oxygen atoms in total. The fraction of sp³-hybridized carbons (Fsp3) is 0.714. The van der Waals surface area contributed by atoms with Crippen LogP contribution >= 0.6 is 11.3 Å². The predicted molar refractivity (Wildman–Crippen MR) is 83.1 cm³/mol. The molecule has 0 aliphatic carbocycles. The lowest BCUT2D eigenvalue weighted by atomic mass is 9.76. The maximum Gasteiger partial charge on any atom is 0.244 e. The first-order chi connectivity index (χ1) is 9.26. The van der Waals surface area contributed by atoms with Gasteiger partial charge in [-0.3, -0.25) is 0 Å². The molecule has 0 bridgehead atoms. The molecule has 1 aromatic heterocycles. The summed E-state index contributed by atoms with van der Waals surface area (Å²) in [6.07, 6.45) is 1.87. The van der Waals surface area contributed by atoms with E-state index >= 15 is 0 Å². The number of hydrogen-bond donors (Lipinski definition) is 1. The van der Waals surface area contributed by atoms with Crippen molar-refractivity contribution in [2.75, 3.05) is 13.1 Å². The predicted octanol–water partition coefficient (Wildman–Crippen LogP) is 2.65. The highest BCUT2D eigenvalue weighted by atomic mass is 32.2. The van der Waals surface area contributed by atoms with Gasteiger partial charge in [-0.2, -0.15) is 4.31 Å². The van der Waals surface area contributed by atoms with Gasteiger partial charge in [0.05, 0.1) is 4.90 Å². The van der Waals surface area contributed by atoms with Crippen LogP contribution in [0.4, 0.5) is 0 Å². The van der Waals surface area contributed by atoms with Crippen LogP contribution in [0.5, 0.6) is 0 Å². The fourth-order valence-corrected chi connectivity index (χ4v) is 5.58. The second kappa shape index (κ2) is 5.75. The van der Waals surface area contributed by atoms with Crippen molar-refractivity contribution in [2.24, 2.45) is 17.1 Å². The number of piperidine rings is 1. The van der Waals surface area contributed by atoms with Crippen molar-refractivity contribution in [3.63, 3.8) is 0 Å². The van der Waals surface area contributed by atoms with Gasteiger partial charge in [0.2, 0.25) is 10.0 Å². The zero-order chi connectivity index (χ0) is 15.0. The van der Waals surface area contributed by atoms with Gasteiger partial charge in [-0.1, -0.05) is 20.8 Å². The molecule has 0 unspecified atom stereocenters. The molecule has 1 fully saturated rings. The van der Waals surface area contributed by atoms with E-state index in [2.05, 4.69) is 20.8 Å². The molecule has 0 aromatic carbocycles. The summed E-state index contributed by atoms with van der Waals surface area (Å²) in [5.74, 6) is 0.588. The molecule has 1 aliphatic rings. The summed E-state index contributed by atoms with van der Waals surface area (Å²) in [6.45, 7) is 8.20. The van der Waals surface area contributed by atoms with E-state index in [0.717, 1.165) is 17.7 Å². The number of nitrogens with zero attached hydrogens (tertiary/aromatic N) is 1. The molecule has 1 aromatic rings. The molecule has 2 heterocycles. The highest BCUT2D eigenvalue weighted by Crippen LogP contribution is 2.36. The van der Waals surface area contributed by atoms with Gasteiger partial charge in [0.15, 0.2) is 0 Å². The van der Waals surface area contributed by atoms with Crippen molar-refractivity contribution < 1.29 is 8.42 Å². The van der Waals surface area contributed by atoms with Crippen LogP contribution in [-0.2, 0) is 16.6 Å². The largest absolute Gasteiger partial charge is 0.326 e. The standard InChI is InChI=1S/C14H24N2O2S2/c1-14(2,3)11-4-7-16(8-5-11)20(17,18)13-6-9-19-12(13)10-15/h6,9,11H,4-5,7-8,10,15H2,1-3H3. The Labute approximate surface area is 126 Å². The van der Waals surface area contributed by atoms with Crippen molar-refractivity contribution in [1.29, 1.82) is 0 Å². The lowest BCUT2D eigenvalue weighted by molar-refractivity contribution is 0.154. The monoisotopic (exact) mass is 316 g/mol. The van der Waals surface area contributed by atoms with Crippen LogP contribution in [-0.4, -0.2) is 25.8 Å². The van der Waals surface area contributed by atoms with Crippen LogP contribution < -0.4 is 5.73 Å². The lowest BCUT2D eigenvalue weighted by Crippen LogP contribution is -2.41. The molecule has 1 saturated heterocycles. The summed E-state index contributed by atoms with van der Waals surface area (Å²) in [4.78, 5) is 1.15. The molecular weight excluding hydrogens is 292 g/mol. The number of hydrogen-bond acceptors (Lipinski definition) is 4. The van der Waals surface area contributed by atoms with E-state index in [1.165, 1.54) is 11.3 Å². The van der Waals surface area contributed by atoms with E-state index in [9.17, 15) is 8.42 Å². The molecule has 2 rings (SSSR count). The van der Waals surface area contributed by atoms with Crippen LogP contribution in [0.25, 0.3) is 0 Å². The van der Waals surface area contributed by atoms with Gasteiger partial charge in [0.25, 0.3) is 0 Å². The van der Waals surface area contributed by atoms with Crippen molar-refractivity contribution in [1.82, 2.24) is 4.31 Å². The Kier molecular flexibility index (Phi) is 4.59. The Hall–Kier alpha value is -0.430. The van der Waals surface area contributed by atoms with E-state index < -0.39 is 10.0 Å². The van der Waals surface area contributed by atoms with Gasteiger partial charge < -0.3 is 5.73 Å². The first kappa shape index (κ1) is 15.9. The summed E-state index contributed by atoms with van der Waals surface area (Å²) in [5, 5.41) is 1.80. The third-order valence-electron chi connectivity index (χ3n) is 4.19. The highest BCUT2D eigenvalue weighted by Gasteiger charge is 2.34. The Morgan fingerprint density at radius 2 is 1.95 bits per heavy atom. The Morgan fingerprint density at radius 1 is 1.35 bits per heavy atom. The molecule has 114 valence electrons. The lowest BCUT2D eigenvalue weighted by Gasteiger charge is -2.38. The Bertz CT molecular complexity index is 550. The second-order valence-corrected chi connectivity index (χ2v) is 9.36.